The van der Waals surface area contributed by atoms with E-state index in [1.165, 1.54) is 25.7 Å². The zero-order valence-electron chi connectivity index (χ0n) is 9.72. The molecule has 0 bridgehead atoms. The van der Waals surface area contributed by atoms with E-state index in [4.69, 9.17) is 10.5 Å². The fourth-order valence-electron chi connectivity index (χ4n) is 1.83. The van der Waals surface area contributed by atoms with Gasteiger partial charge in [-0.05, 0) is 50.0 Å². The second kappa shape index (κ2) is 5.72. The number of hydrogen-bond donors (Lipinski definition) is 1. The summed E-state index contributed by atoms with van der Waals surface area (Å²) < 4.78 is 5.71. The van der Waals surface area contributed by atoms with E-state index in [2.05, 4.69) is 13.8 Å². The highest BCUT2D eigenvalue weighted by atomic mass is 16.5. The maximum atomic E-state index is 5.71. The van der Waals surface area contributed by atoms with Crippen molar-refractivity contribution in [3.8, 4) is 0 Å². The Morgan fingerprint density at radius 1 is 1.36 bits per heavy atom. The maximum absolute atomic E-state index is 5.71. The molecule has 1 fully saturated rings. The first-order valence-electron chi connectivity index (χ1n) is 5.96. The molecule has 2 heteroatoms. The molecular weight excluding hydrogens is 174 g/mol. The van der Waals surface area contributed by atoms with Gasteiger partial charge in [0, 0.05) is 6.61 Å². The summed E-state index contributed by atoms with van der Waals surface area (Å²) in [5.74, 6) is 0.803. The minimum absolute atomic E-state index is 0.493. The van der Waals surface area contributed by atoms with Gasteiger partial charge in [0.2, 0.25) is 0 Å². The summed E-state index contributed by atoms with van der Waals surface area (Å²) in [6.07, 6.45) is 6.29. The van der Waals surface area contributed by atoms with Crippen molar-refractivity contribution < 1.29 is 4.74 Å². The highest BCUT2D eigenvalue weighted by Gasteiger charge is 2.41. The molecule has 0 aromatic heterocycles. The Bertz CT molecular complexity index is 152. The second-order valence-electron chi connectivity index (χ2n) is 5.13. The summed E-state index contributed by atoms with van der Waals surface area (Å²) >= 11 is 0. The van der Waals surface area contributed by atoms with E-state index in [1.54, 1.807) is 0 Å². The molecule has 0 radical (unpaired) electrons. The van der Waals surface area contributed by atoms with Gasteiger partial charge in [-0.3, -0.25) is 0 Å². The third-order valence-electron chi connectivity index (χ3n) is 3.11. The van der Waals surface area contributed by atoms with Gasteiger partial charge in [0.25, 0.3) is 0 Å². The van der Waals surface area contributed by atoms with Gasteiger partial charge in [-0.1, -0.05) is 13.8 Å². The standard InChI is InChI=1S/C12H25NO/c1-11(2)4-3-9-14-10-12(5-6-12)7-8-13/h11H,3-10,13H2,1-2H3. The summed E-state index contributed by atoms with van der Waals surface area (Å²) in [6, 6.07) is 0. The van der Waals surface area contributed by atoms with Gasteiger partial charge in [0.05, 0.1) is 6.61 Å². The van der Waals surface area contributed by atoms with Crippen molar-refractivity contribution in [1.82, 2.24) is 0 Å². The van der Waals surface area contributed by atoms with Gasteiger partial charge >= 0.3 is 0 Å². The average molecular weight is 199 g/mol. The van der Waals surface area contributed by atoms with Crippen LogP contribution in [-0.4, -0.2) is 19.8 Å². The summed E-state index contributed by atoms with van der Waals surface area (Å²) in [5.41, 5.74) is 6.06. The smallest absolute Gasteiger partial charge is 0.0522 e. The van der Waals surface area contributed by atoms with E-state index in [0.29, 0.717) is 5.41 Å². The van der Waals surface area contributed by atoms with E-state index in [-0.39, 0.29) is 0 Å². The van der Waals surface area contributed by atoms with Gasteiger partial charge < -0.3 is 10.5 Å². The van der Waals surface area contributed by atoms with Gasteiger partial charge in [-0.2, -0.15) is 0 Å². The third kappa shape index (κ3) is 4.43. The number of ether oxygens (including phenoxy) is 1. The van der Waals surface area contributed by atoms with Gasteiger partial charge in [0.15, 0.2) is 0 Å². The normalized spacial score (nSPS) is 18.9. The molecule has 0 heterocycles. The highest BCUT2D eigenvalue weighted by Crippen LogP contribution is 2.48. The van der Waals surface area contributed by atoms with Crippen LogP contribution in [0.15, 0.2) is 0 Å². The summed E-state index contributed by atoms with van der Waals surface area (Å²) in [5, 5.41) is 0. The second-order valence-corrected chi connectivity index (χ2v) is 5.13. The van der Waals surface area contributed by atoms with Crippen molar-refractivity contribution in [2.75, 3.05) is 19.8 Å². The molecule has 1 rings (SSSR count). The van der Waals surface area contributed by atoms with Crippen LogP contribution in [0.25, 0.3) is 0 Å². The Labute approximate surface area is 88.2 Å². The Kier molecular flexibility index (Phi) is 4.90. The summed E-state index contributed by atoms with van der Waals surface area (Å²) in [6.45, 7) is 7.22. The molecule has 0 aliphatic heterocycles. The SMILES string of the molecule is CC(C)CCCOCC1(CCN)CC1. The molecule has 1 aliphatic carbocycles. The third-order valence-corrected chi connectivity index (χ3v) is 3.11. The fraction of sp³-hybridized carbons (Fsp3) is 1.00. The molecule has 0 unspecified atom stereocenters. The lowest BCUT2D eigenvalue weighted by Gasteiger charge is -2.14. The van der Waals surface area contributed by atoms with E-state index in [0.717, 1.165) is 32.1 Å². The molecule has 2 N–H and O–H groups in total. The topological polar surface area (TPSA) is 35.2 Å². The molecule has 0 saturated heterocycles. The lowest BCUT2D eigenvalue weighted by atomic mass is 10.0. The van der Waals surface area contributed by atoms with Crippen molar-refractivity contribution in [3.05, 3.63) is 0 Å². The quantitative estimate of drug-likeness (QED) is 0.610. The van der Waals surface area contributed by atoms with Crippen LogP contribution in [0.5, 0.6) is 0 Å². The zero-order chi connectivity index (χ0) is 10.4. The molecule has 14 heavy (non-hydrogen) atoms. The van der Waals surface area contributed by atoms with Crippen molar-refractivity contribution in [3.63, 3.8) is 0 Å². The molecule has 0 aromatic rings. The van der Waals surface area contributed by atoms with Crippen LogP contribution in [0, 0.1) is 11.3 Å². The van der Waals surface area contributed by atoms with Crippen LogP contribution < -0.4 is 5.73 Å². The van der Waals surface area contributed by atoms with Gasteiger partial charge in [0.1, 0.15) is 0 Å². The highest BCUT2D eigenvalue weighted by molar-refractivity contribution is 4.92. The van der Waals surface area contributed by atoms with E-state index < -0.39 is 0 Å². The van der Waals surface area contributed by atoms with E-state index in [9.17, 15) is 0 Å². The van der Waals surface area contributed by atoms with E-state index >= 15 is 0 Å². The Morgan fingerprint density at radius 3 is 2.57 bits per heavy atom. The molecule has 1 aliphatic rings. The molecule has 2 nitrogen and oxygen atoms in total. The summed E-state index contributed by atoms with van der Waals surface area (Å²) in [4.78, 5) is 0. The average Bonchev–Trinajstić information content (AvgIpc) is 2.85. The largest absolute Gasteiger partial charge is 0.381 e. The Balaban J connectivity index is 1.93. The number of rotatable bonds is 8. The predicted molar refractivity (Wildman–Crippen MR) is 60.2 cm³/mol. The number of nitrogens with two attached hydrogens (primary N) is 1. The predicted octanol–water partition coefficient (Wildman–Crippen LogP) is 2.57. The van der Waals surface area contributed by atoms with Gasteiger partial charge in [-0.15, -0.1) is 0 Å². The molecular formula is C12H25NO. The molecule has 0 aromatic carbocycles. The van der Waals surface area contributed by atoms with Crippen LogP contribution in [-0.2, 0) is 4.74 Å². The molecule has 0 spiro atoms. The monoisotopic (exact) mass is 199 g/mol. The first-order valence-corrected chi connectivity index (χ1v) is 5.96. The molecule has 1 saturated carbocycles. The van der Waals surface area contributed by atoms with Crippen LogP contribution in [0.3, 0.4) is 0 Å². The molecule has 0 amide bonds. The van der Waals surface area contributed by atoms with Crippen molar-refractivity contribution >= 4 is 0 Å². The van der Waals surface area contributed by atoms with Crippen LogP contribution in [0.2, 0.25) is 0 Å². The Morgan fingerprint density at radius 2 is 2.07 bits per heavy atom. The van der Waals surface area contributed by atoms with Crippen molar-refractivity contribution in [2.45, 2.75) is 46.0 Å². The lowest BCUT2D eigenvalue weighted by molar-refractivity contribution is 0.0833. The minimum Gasteiger partial charge on any atom is -0.381 e. The first kappa shape index (κ1) is 12.0. The van der Waals surface area contributed by atoms with Crippen LogP contribution in [0.4, 0.5) is 0 Å². The zero-order valence-corrected chi connectivity index (χ0v) is 9.72. The van der Waals surface area contributed by atoms with Crippen molar-refractivity contribution in [1.29, 1.82) is 0 Å². The molecule has 84 valence electrons. The van der Waals surface area contributed by atoms with E-state index in [1.807, 2.05) is 0 Å². The maximum Gasteiger partial charge on any atom is 0.0522 e. The number of hydrogen-bond acceptors (Lipinski definition) is 2. The van der Waals surface area contributed by atoms with Crippen LogP contribution >= 0.6 is 0 Å². The first-order chi connectivity index (χ1) is 6.68. The fourth-order valence-corrected chi connectivity index (χ4v) is 1.83. The van der Waals surface area contributed by atoms with Crippen LogP contribution in [0.1, 0.15) is 46.0 Å². The van der Waals surface area contributed by atoms with Gasteiger partial charge in [-0.25, -0.2) is 0 Å². The van der Waals surface area contributed by atoms with Crippen molar-refractivity contribution in [2.24, 2.45) is 17.1 Å². The summed E-state index contributed by atoms with van der Waals surface area (Å²) in [7, 11) is 0. The minimum atomic E-state index is 0.493. The lowest BCUT2D eigenvalue weighted by Crippen LogP contribution is -2.16. The Hall–Kier alpha value is -0.0800. The molecule has 0 atom stereocenters.